The highest BCUT2D eigenvalue weighted by Crippen LogP contribution is 2.26. The summed E-state index contributed by atoms with van der Waals surface area (Å²) < 4.78 is 0. The first-order valence-corrected chi connectivity index (χ1v) is 6.52. The molecular formula is C14H21N3O3. The summed E-state index contributed by atoms with van der Waals surface area (Å²) in [5.41, 5.74) is 5.55. The highest BCUT2D eigenvalue weighted by atomic mass is 16.4. The van der Waals surface area contributed by atoms with Gasteiger partial charge in [-0.15, -0.1) is 0 Å². The van der Waals surface area contributed by atoms with Gasteiger partial charge in [0.1, 0.15) is 5.82 Å². The van der Waals surface area contributed by atoms with Crippen LogP contribution in [0.15, 0.2) is 18.3 Å². The van der Waals surface area contributed by atoms with E-state index in [1.807, 2.05) is 13.8 Å². The molecule has 20 heavy (non-hydrogen) atoms. The van der Waals surface area contributed by atoms with E-state index in [1.165, 1.54) is 6.20 Å². The number of primary amides is 1. The topological polar surface area (TPSA) is 105 Å². The predicted octanol–water partition coefficient (Wildman–Crippen LogP) is 1.87. The number of aromatic nitrogens is 1. The summed E-state index contributed by atoms with van der Waals surface area (Å²) in [6.07, 6.45) is 3.13. The van der Waals surface area contributed by atoms with Crippen LogP contribution >= 0.6 is 0 Å². The molecule has 0 saturated carbocycles. The van der Waals surface area contributed by atoms with E-state index in [2.05, 4.69) is 10.3 Å². The van der Waals surface area contributed by atoms with Crippen molar-refractivity contribution in [1.82, 2.24) is 4.98 Å². The third-order valence-electron chi connectivity index (χ3n) is 3.17. The number of pyridine rings is 1. The molecule has 1 amide bonds. The number of nitrogens with two attached hydrogens (primary N) is 1. The molecule has 0 aliphatic heterocycles. The fraction of sp³-hybridized carbons (Fsp3) is 0.500. The number of carbonyl (C=O) groups is 2. The smallest absolute Gasteiger partial charge is 0.303 e. The number of rotatable bonds is 8. The van der Waals surface area contributed by atoms with Crippen LogP contribution in [0.2, 0.25) is 0 Å². The Labute approximate surface area is 118 Å². The Bertz CT molecular complexity index is 486. The second-order valence-corrected chi connectivity index (χ2v) is 5.53. The lowest BCUT2D eigenvalue weighted by atomic mass is 9.84. The average molecular weight is 279 g/mol. The number of nitrogens with zero attached hydrogens (tertiary/aromatic N) is 1. The number of carbonyl (C=O) groups excluding carboxylic acids is 1. The number of nitrogens with one attached hydrogen (secondary N) is 1. The Kier molecular flexibility index (Phi) is 5.49. The molecule has 1 rings (SSSR count). The van der Waals surface area contributed by atoms with Crippen molar-refractivity contribution in [3.63, 3.8) is 0 Å². The number of hydrogen-bond donors (Lipinski definition) is 3. The molecule has 0 fully saturated rings. The molecule has 0 radical (unpaired) electrons. The van der Waals surface area contributed by atoms with Gasteiger partial charge in [0.25, 0.3) is 0 Å². The lowest BCUT2D eigenvalue weighted by Gasteiger charge is -2.24. The van der Waals surface area contributed by atoms with Crippen LogP contribution in [-0.2, 0) is 4.79 Å². The molecule has 0 aliphatic carbocycles. The summed E-state index contributed by atoms with van der Waals surface area (Å²) >= 11 is 0. The first-order chi connectivity index (χ1) is 9.30. The van der Waals surface area contributed by atoms with Crippen molar-refractivity contribution >= 4 is 17.7 Å². The highest BCUT2D eigenvalue weighted by molar-refractivity contribution is 5.93. The van der Waals surface area contributed by atoms with Crippen molar-refractivity contribution in [3.8, 4) is 0 Å². The van der Waals surface area contributed by atoms with Crippen molar-refractivity contribution in [2.75, 3.05) is 11.9 Å². The molecule has 1 aromatic rings. The monoisotopic (exact) mass is 279 g/mol. The van der Waals surface area contributed by atoms with Gasteiger partial charge in [0.2, 0.25) is 5.91 Å². The molecule has 0 atom stereocenters. The summed E-state index contributed by atoms with van der Waals surface area (Å²) in [5, 5.41) is 11.8. The van der Waals surface area contributed by atoms with Crippen LogP contribution < -0.4 is 11.1 Å². The van der Waals surface area contributed by atoms with Gasteiger partial charge >= 0.3 is 5.97 Å². The van der Waals surface area contributed by atoms with E-state index < -0.39 is 11.9 Å². The Morgan fingerprint density at radius 3 is 2.70 bits per heavy atom. The number of hydrogen-bond acceptors (Lipinski definition) is 4. The minimum atomic E-state index is -0.776. The van der Waals surface area contributed by atoms with Gasteiger partial charge in [-0.1, -0.05) is 13.8 Å². The molecule has 0 bridgehead atoms. The van der Waals surface area contributed by atoms with Crippen LogP contribution in [0.4, 0.5) is 5.82 Å². The largest absolute Gasteiger partial charge is 0.481 e. The predicted molar refractivity (Wildman–Crippen MR) is 76.5 cm³/mol. The lowest BCUT2D eigenvalue weighted by Crippen LogP contribution is -2.19. The second kappa shape index (κ2) is 6.88. The maximum absolute atomic E-state index is 11.0. The van der Waals surface area contributed by atoms with Crippen molar-refractivity contribution in [2.24, 2.45) is 11.1 Å². The summed E-state index contributed by atoms with van der Waals surface area (Å²) in [6, 6.07) is 3.16. The second-order valence-electron chi connectivity index (χ2n) is 5.53. The first-order valence-electron chi connectivity index (χ1n) is 6.52. The number of carboxylic acids is 1. The summed E-state index contributed by atoms with van der Waals surface area (Å²) in [7, 11) is 0. The van der Waals surface area contributed by atoms with E-state index in [0.29, 0.717) is 24.3 Å². The van der Waals surface area contributed by atoms with Crippen molar-refractivity contribution in [1.29, 1.82) is 0 Å². The normalized spacial score (nSPS) is 11.1. The summed E-state index contributed by atoms with van der Waals surface area (Å²) in [5.74, 6) is -0.672. The zero-order valence-electron chi connectivity index (χ0n) is 11.8. The highest BCUT2D eigenvalue weighted by Gasteiger charge is 2.18. The van der Waals surface area contributed by atoms with Crippen LogP contribution in [0, 0.1) is 5.41 Å². The van der Waals surface area contributed by atoms with Gasteiger partial charge in [0.05, 0.1) is 0 Å². The molecule has 0 aromatic carbocycles. The zero-order chi connectivity index (χ0) is 15.2. The molecule has 4 N–H and O–H groups in total. The van der Waals surface area contributed by atoms with Gasteiger partial charge < -0.3 is 16.2 Å². The lowest BCUT2D eigenvalue weighted by molar-refractivity contribution is -0.137. The Morgan fingerprint density at radius 1 is 1.40 bits per heavy atom. The Balaban J connectivity index is 2.45. The van der Waals surface area contributed by atoms with Crippen LogP contribution in [0.25, 0.3) is 0 Å². The number of carboxylic acid groups (broad SMARTS) is 1. The van der Waals surface area contributed by atoms with Crippen molar-refractivity contribution < 1.29 is 14.7 Å². The molecule has 1 aromatic heterocycles. The van der Waals surface area contributed by atoms with Crippen LogP contribution in [-0.4, -0.2) is 28.5 Å². The first kappa shape index (κ1) is 15.9. The Hall–Kier alpha value is -2.11. The minimum absolute atomic E-state index is 0.0628. The molecule has 0 aliphatic rings. The molecule has 0 spiro atoms. The van der Waals surface area contributed by atoms with Gasteiger partial charge in [0, 0.05) is 24.7 Å². The summed E-state index contributed by atoms with van der Waals surface area (Å²) in [6.45, 7) is 4.72. The van der Waals surface area contributed by atoms with Gasteiger partial charge in [-0.3, -0.25) is 9.59 Å². The fourth-order valence-corrected chi connectivity index (χ4v) is 1.78. The molecule has 0 unspecified atom stereocenters. The standard InChI is InChI=1S/C14H21N3O3/c1-14(2,5-3-12(18)19)6-8-17-11-9-10(13(15)20)4-7-16-11/h4,7,9H,3,5-6,8H2,1-2H3,(H2,15,20)(H,16,17)(H,18,19). The van der Waals surface area contributed by atoms with E-state index >= 15 is 0 Å². The van der Waals surface area contributed by atoms with E-state index in [4.69, 9.17) is 10.8 Å². The molecule has 6 nitrogen and oxygen atoms in total. The van der Waals surface area contributed by atoms with Crippen LogP contribution in [0.1, 0.15) is 43.5 Å². The van der Waals surface area contributed by atoms with Crippen molar-refractivity contribution in [2.45, 2.75) is 33.1 Å². The SMILES string of the molecule is CC(C)(CCNc1cc(C(N)=O)ccn1)CCC(=O)O. The van der Waals surface area contributed by atoms with E-state index in [-0.39, 0.29) is 11.8 Å². The molecule has 110 valence electrons. The van der Waals surface area contributed by atoms with Gasteiger partial charge in [-0.2, -0.15) is 0 Å². The van der Waals surface area contributed by atoms with Gasteiger partial charge in [-0.25, -0.2) is 4.98 Å². The quantitative estimate of drug-likeness (QED) is 0.673. The number of anilines is 1. The number of aliphatic carboxylic acids is 1. The molecule has 1 heterocycles. The molecule has 6 heteroatoms. The van der Waals surface area contributed by atoms with E-state index in [9.17, 15) is 9.59 Å². The van der Waals surface area contributed by atoms with Crippen LogP contribution in [0.5, 0.6) is 0 Å². The fourth-order valence-electron chi connectivity index (χ4n) is 1.78. The third kappa shape index (κ3) is 5.69. The maximum atomic E-state index is 11.0. The average Bonchev–Trinajstić information content (AvgIpc) is 2.37. The third-order valence-corrected chi connectivity index (χ3v) is 3.17. The van der Waals surface area contributed by atoms with Crippen molar-refractivity contribution in [3.05, 3.63) is 23.9 Å². The Morgan fingerprint density at radius 2 is 2.10 bits per heavy atom. The summed E-state index contributed by atoms with van der Waals surface area (Å²) in [4.78, 5) is 25.7. The minimum Gasteiger partial charge on any atom is -0.481 e. The van der Waals surface area contributed by atoms with E-state index in [1.54, 1.807) is 12.1 Å². The molecule has 0 saturated heterocycles. The van der Waals surface area contributed by atoms with Gasteiger partial charge in [0.15, 0.2) is 0 Å². The zero-order valence-corrected chi connectivity index (χ0v) is 11.8. The maximum Gasteiger partial charge on any atom is 0.303 e. The van der Waals surface area contributed by atoms with E-state index in [0.717, 1.165) is 6.42 Å². The van der Waals surface area contributed by atoms with Crippen LogP contribution in [0.3, 0.4) is 0 Å². The van der Waals surface area contributed by atoms with Gasteiger partial charge in [-0.05, 0) is 30.4 Å². The number of amides is 1. The molecular weight excluding hydrogens is 258 g/mol.